The largest absolute Gasteiger partial charge is 0.399 e. The number of hydrogen-bond acceptors (Lipinski definition) is 3. The van der Waals surface area contributed by atoms with Crippen LogP contribution < -0.4 is 10.6 Å². The fourth-order valence-electron chi connectivity index (χ4n) is 3.30. The normalized spacial score (nSPS) is 16.3. The zero-order valence-corrected chi connectivity index (χ0v) is 15.6. The molecule has 1 aliphatic rings. The van der Waals surface area contributed by atoms with Crippen LogP contribution in [0.15, 0.2) is 54.6 Å². The number of carbonyl (C=O) groups is 2. The average molecular weight is 374 g/mol. The van der Waals surface area contributed by atoms with Gasteiger partial charge in [0.25, 0.3) is 0 Å². The van der Waals surface area contributed by atoms with Crippen LogP contribution in [0.1, 0.15) is 18.9 Å². The maximum atomic E-state index is 12.8. The molecule has 1 fully saturated rings. The summed E-state index contributed by atoms with van der Waals surface area (Å²) in [6.07, 6.45) is 0.943. The molecule has 138 valence electrons. The maximum absolute atomic E-state index is 12.8. The Morgan fingerprint density at radius 2 is 1.81 bits per heavy atom. The highest BCUT2D eigenvalue weighted by Gasteiger charge is 2.37. The summed E-state index contributed by atoms with van der Waals surface area (Å²) < 4.78 is 0. The molecule has 5 nitrogen and oxygen atoms in total. The third-order valence-corrected chi connectivity index (χ3v) is 4.62. The summed E-state index contributed by atoms with van der Waals surface area (Å²) in [5.41, 5.74) is 8.15. The Morgan fingerprint density at radius 1 is 1.15 bits per heavy atom. The molecule has 3 rings (SSSR count). The van der Waals surface area contributed by atoms with Gasteiger partial charge in [-0.2, -0.15) is 0 Å². The number of amides is 2. The second-order valence-electron chi connectivity index (χ2n) is 6.23. The van der Waals surface area contributed by atoms with Crippen molar-refractivity contribution in [1.82, 2.24) is 4.90 Å². The molecule has 0 saturated carbocycles. The molecule has 0 spiro atoms. The first-order valence-electron chi connectivity index (χ1n) is 8.60. The molecule has 2 amide bonds. The third-order valence-electron chi connectivity index (χ3n) is 4.62. The maximum Gasteiger partial charge on any atom is 0.249 e. The third kappa shape index (κ3) is 4.17. The highest BCUT2D eigenvalue weighted by Crippen LogP contribution is 2.24. The quantitative estimate of drug-likeness (QED) is 0.819. The van der Waals surface area contributed by atoms with E-state index in [2.05, 4.69) is 0 Å². The van der Waals surface area contributed by atoms with Crippen molar-refractivity contribution in [3.05, 3.63) is 60.2 Å². The summed E-state index contributed by atoms with van der Waals surface area (Å²) in [5.74, 6) is -0.0285. The van der Waals surface area contributed by atoms with Crippen LogP contribution in [0, 0.1) is 0 Å². The summed E-state index contributed by atoms with van der Waals surface area (Å²) in [6.45, 7) is 3.07. The minimum atomic E-state index is -0.383. The highest BCUT2D eigenvalue weighted by atomic mass is 35.5. The fourth-order valence-corrected chi connectivity index (χ4v) is 3.30. The molecule has 2 aromatic rings. The average Bonchev–Trinajstić information content (AvgIpc) is 3.00. The van der Waals surface area contributed by atoms with Crippen LogP contribution in [0.5, 0.6) is 0 Å². The summed E-state index contributed by atoms with van der Waals surface area (Å²) in [6, 6.07) is 16.5. The van der Waals surface area contributed by atoms with Crippen LogP contribution in [0.2, 0.25) is 0 Å². The first-order chi connectivity index (χ1) is 12.1. The lowest BCUT2D eigenvalue weighted by molar-refractivity contribution is -0.137. The Bertz CT molecular complexity index is 749. The number of halogens is 1. The van der Waals surface area contributed by atoms with Gasteiger partial charge in [0.15, 0.2) is 0 Å². The molecule has 1 atom stereocenters. The number of likely N-dealkylation sites (N-methyl/N-ethyl adjacent to an activating group) is 1. The molecule has 1 unspecified atom stereocenters. The molecule has 6 heteroatoms. The zero-order chi connectivity index (χ0) is 17.8. The summed E-state index contributed by atoms with van der Waals surface area (Å²) in [5, 5.41) is 0. The van der Waals surface area contributed by atoms with Gasteiger partial charge in [0, 0.05) is 24.5 Å². The SMILES string of the molecule is CCN(C(=O)Cc1ccc(N)cc1)C1CCN(c2ccccc2)C1=O.Cl. The number of carbonyl (C=O) groups excluding carboxylic acids is 2. The Hall–Kier alpha value is -2.53. The monoisotopic (exact) mass is 373 g/mol. The lowest BCUT2D eigenvalue weighted by atomic mass is 10.1. The van der Waals surface area contributed by atoms with E-state index < -0.39 is 0 Å². The van der Waals surface area contributed by atoms with E-state index in [9.17, 15) is 9.59 Å². The second kappa shape index (κ2) is 8.72. The standard InChI is InChI=1S/C20H23N3O2.ClH/c1-2-22(19(24)14-15-8-10-16(21)11-9-15)18-12-13-23(20(18)25)17-6-4-3-5-7-17;/h3-11,18H,2,12-14,21H2,1H3;1H. The van der Waals surface area contributed by atoms with Crippen LogP contribution in [-0.4, -0.2) is 35.8 Å². The van der Waals surface area contributed by atoms with Gasteiger partial charge in [-0.1, -0.05) is 30.3 Å². The van der Waals surface area contributed by atoms with Gasteiger partial charge in [0.1, 0.15) is 6.04 Å². The van der Waals surface area contributed by atoms with Gasteiger partial charge in [0.2, 0.25) is 11.8 Å². The van der Waals surface area contributed by atoms with Crippen molar-refractivity contribution in [1.29, 1.82) is 0 Å². The minimum Gasteiger partial charge on any atom is -0.399 e. The molecule has 0 radical (unpaired) electrons. The second-order valence-corrected chi connectivity index (χ2v) is 6.23. The van der Waals surface area contributed by atoms with Gasteiger partial charge in [-0.25, -0.2) is 0 Å². The predicted octanol–water partition coefficient (Wildman–Crippen LogP) is 2.89. The smallest absolute Gasteiger partial charge is 0.249 e. The first kappa shape index (κ1) is 19.8. The molecule has 0 bridgehead atoms. The fraction of sp³-hybridized carbons (Fsp3) is 0.300. The molecule has 0 aliphatic carbocycles. The number of nitrogens with zero attached hydrogens (tertiary/aromatic N) is 2. The Morgan fingerprint density at radius 3 is 2.42 bits per heavy atom. The summed E-state index contributed by atoms with van der Waals surface area (Å²) in [7, 11) is 0. The number of hydrogen-bond donors (Lipinski definition) is 1. The molecule has 2 N–H and O–H groups in total. The van der Waals surface area contributed by atoms with Crippen LogP contribution in [0.25, 0.3) is 0 Å². The minimum absolute atomic E-state index is 0. The summed E-state index contributed by atoms with van der Waals surface area (Å²) >= 11 is 0. The lowest BCUT2D eigenvalue weighted by Gasteiger charge is -2.27. The predicted molar refractivity (Wildman–Crippen MR) is 106 cm³/mol. The van der Waals surface area contributed by atoms with E-state index in [4.69, 9.17) is 5.73 Å². The van der Waals surface area contributed by atoms with Crippen LogP contribution >= 0.6 is 12.4 Å². The number of para-hydroxylation sites is 1. The van der Waals surface area contributed by atoms with E-state index >= 15 is 0 Å². The van der Waals surface area contributed by atoms with Crippen LogP contribution in [0.3, 0.4) is 0 Å². The Kier molecular flexibility index (Phi) is 6.64. The summed E-state index contributed by atoms with van der Waals surface area (Å²) in [4.78, 5) is 29.0. The molecule has 1 heterocycles. The van der Waals surface area contributed by atoms with Crippen LogP contribution in [0.4, 0.5) is 11.4 Å². The van der Waals surface area contributed by atoms with Gasteiger partial charge in [0.05, 0.1) is 6.42 Å². The number of nitrogen functional groups attached to an aromatic ring is 1. The number of anilines is 2. The van der Waals surface area contributed by atoms with Gasteiger partial charge in [-0.3, -0.25) is 9.59 Å². The topological polar surface area (TPSA) is 66.6 Å². The van der Waals surface area contributed by atoms with E-state index in [0.717, 1.165) is 11.3 Å². The van der Waals surface area contributed by atoms with E-state index in [0.29, 0.717) is 25.2 Å². The van der Waals surface area contributed by atoms with E-state index in [1.165, 1.54) is 0 Å². The van der Waals surface area contributed by atoms with Gasteiger partial charge >= 0.3 is 0 Å². The van der Waals surface area contributed by atoms with Crippen molar-refractivity contribution >= 4 is 35.6 Å². The Labute approximate surface area is 160 Å². The number of rotatable bonds is 5. The molecular weight excluding hydrogens is 350 g/mol. The molecule has 2 aromatic carbocycles. The van der Waals surface area contributed by atoms with Crippen LogP contribution in [-0.2, 0) is 16.0 Å². The molecule has 1 saturated heterocycles. The zero-order valence-electron chi connectivity index (χ0n) is 14.8. The van der Waals surface area contributed by atoms with Gasteiger partial charge < -0.3 is 15.5 Å². The van der Waals surface area contributed by atoms with Crippen molar-refractivity contribution in [3.8, 4) is 0 Å². The van der Waals surface area contributed by atoms with Crippen molar-refractivity contribution < 1.29 is 9.59 Å². The molecule has 0 aromatic heterocycles. The first-order valence-corrected chi connectivity index (χ1v) is 8.60. The molecular formula is C20H24ClN3O2. The lowest BCUT2D eigenvalue weighted by Crippen LogP contribution is -2.45. The van der Waals surface area contributed by atoms with E-state index in [-0.39, 0.29) is 36.7 Å². The van der Waals surface area contributed by atoms with Crippen molar-refractivity contribution in [2.24, 2.45) is 0 Å². The van der Waals surface area contributed by atoms with Crippen molar-refractivity contribution in [3.63, 3.8) is 0 Å². The van der Waals surface area contributed by atoms with Gasteiger partial charge in [-0.15, -0.1) is 12.4 Å². The van der Waals surface area contributed by atoms with Gasteiger partial charge in [-0.05, 0) is 43.2 Å². The number of nitrogens with two attached hydrogens (primary N) is 1. The number of benzene rings is 2. The Balaban J connectivity index is 0.00000243. The van der Waals surface area contributed by atoms with E-state index in [1.807, 2.05) is 49.4 Å². The van der Waals surface area contributed by atoms with E-state index in [1.54, 1.807) is 21.9 Å². The molecule has 26 heavy (non-hydrogen) atoms. The van der Waals surface area contributed by atoms with Crippen molar-refractivity contribution in [2.75, 3.05) is 23.7 Å². The van der Waals surface area contributed by atoms with Crippen molar-refractivity contribution in [2.45, 2.75) is 25.8 Å². The highest BCUT2D eigenvalue weighted by molar-refractivity contribution is 6.01. The molecule has 1 aliphatic heterocycles.